The van der Waals surface area contributed by atoms with Crippen molar-refractivity contribution in [3.63, 3.8) is 0 Å². The molecule has 3 heteroatoms. The van der Waals surface area contributed by atoms with E-state index in [1.807, 2.05) is 0 Å². The van der Waals surface area contributed by atoms with Gasteiger partial charge in [-0.1, -0.05) is 19.8 Å². The second kappa shape index (κ2) is 5.55. The number of guanidine groups is 1. The van der Waals surface area contributed by atoms with Crippen LogP contribution in [0.25, 0.3) is 0 Å². The lowest BCUT2D eigenvalue weighted by Crippen LogP contribution is -2.39. The number of hydrogen-bond donors (Lipinski definition) is 2. The molecule has 0 aromatic heterocycles. The Labute approximate surface area is 99.1 Å². The molecule has 2 rings (SSSR count). The maximum absolute atomic E-state index is 4.62. The molecule has 0 saturated heterocycles. The monoisotopic (exact) mass is 223 g/mol. The van der Waals surface area contributed by atoms with Crippen LogP contribution < -0.4 is 10.6 Å². The molecule has 0 radical (unpaired) electrons. The van der Waals surface area contributed by atoms with Gasteiger partial charge in [-0.15, -0.1) is 0 Å². The van der Waals surface area contributed by atoms with E-state index >= 15 is 0 Å². The van der Waals surface area contributed by atoms with Gasteiger partial charge in [0.05, 0.1) is 0 Å². The minimum Gasteiger partial charge on any atom is -0.357 e. The molecule has 0 aromatic carbocycles. The predicted molar refractivity (Wildman–Crippen MR) is 68.6 cm³/mol. The molecule has 2 atom stereocenters. The lowest BCUT2D eigenvalue weighted by atomic mass is 10.2. The van der Waals surface area contributed by atoms with Crippen molar-refractivity contribution in [2.75, 3.05) is 13.1 Å². The van der Waals surface area contributed by atoms with E-state index < -0.39 is 0 Å². The van der Waals surface area contributed by atoms with Gasteiger partial charge in [-0.25, -0.2) is 0 Å². The van der Waals surface area contributed by atoms with Crippen molar-refractivity contribution >= 4 is 5.96 Å². The van der Waals surface area contributed by atoms with E-state index in [4.69, 9.17) is 0 Å². The summed E-state index contributed by atoms with van der Waals surface area (Å²) < 4.78 is 0. The maximum atomic E-state index is 4.62. The van der Waals surface area contributed by atoms with Gasteiger partial charge in [0.15, 0.2) is 5.96 Å². The molecule has 0 aliphatic heterocycles. The number of nitrogens with zero attached hydrogens (tertiary/aromatic N) is 1. The Hall–Kier alpha value is -0.730. The van der Waals surface area contributed by atoms with Crippen LogP contribution in [0.15, 0.2) is 4.99 Å². The molecular formula is C13H25N3. The summed E-state index contributed by atoms with van der Waals surface area (Å²) in [5.74, 6) is 2.89. The van der Waals surface area contributed by atoms with Crippen molar-refractivity contribution in [3.8, 4) is 0 Å². The fourth-order valence-electron chi connectivity index (χ4n) is 2.00. The first-order valence-corrected chi connectivity index (χ1v) is 6.84. The third-order valence-electron chi connectivity index (χ3n) is 3.51. The van der Waals surface area contributed by atoms with Crippen molar-refractivity contribution in [1.29, 1.82) is 0 Å². The molecule has 2 unspecified atom stereocenters. The second-order valence-corrected chi connectivity index (χ2v) is 5.31. The van der Waals surface area contributed by atoms with Crippen molar-refractivity contribution in [2.24, 2.45) is 16.8 Å². The average Bonchev–Trinajstić information content (AvgIpc) is 3.14. The lowest BCUT2D eigenvalue weighted by Gasteiger charge is -2.10. The zero-order chi connectivity index (χ0) is 11.4. The van der Waals surface area contributed by atoms with E-state index in [1.165, 1.54) is 32.1 Å². The quantitative estimate of drug-likeness (QED) is 0.411. The van der Waals surface area contributed by atoms with Gasteiger partial charge >= 0.3 is 0 Å². The van der Waals surface area contributed by atoms with E-state index in [9.17, 15) is 0 Å². The second-order valence-electron chi connectivity index (χ2n) is 5.31. The van der Waals surface area contributed by atoms with Crippen molar-refractivity contribution in [2.45, 2.75) is 52.0 Å². The molecule has 92 valence electrons. The zero-order valence-electron chi connectivity index (χ0n) is 10.6. The lowest BCUT2D eigenvalue weighted by molar-refractivity contribution is 0.669. The van der Waals surface area contributed by atoms with Gasteiger partial charge in [-0.3, -0.25) is 4.99 Å². The Balaban J connectivity index is 1.64. The molecule has 16 heavy (non-hydrogen) atoms. The molecule has 0 spiro atoms. The van der Waals surface area contributed by atoms with Gasteiger partial charge in [0.2, 0.25) is 0 Å². The smallest absolute Gasteiger partial charge is 0.191 e. The summed E-state index contributed by atoms with van der Waals surface area (Å²) in [6.45, 7) is 6.34. The summed E-state index contributed by atoms with van der Waals surface area (Å²) in [5, 5.41) is 6.80. The summed E-state index contributed by atoms with van der Waals surface area (Å²) in [5.41, 5.74) is 0. The van der Waals surface area contributed by atoms with E-state index in [-0.39, 0.29) is 0 Å². The number of nitrogens with one attached hydrogen (secondary N) is 2. The van der Waals surface area contributed by atoms with Crippen LogP contribution in [0.4, 0.5) is 0 Å². The molecule has 0 bridgehead atoms. The fourth-order valence-corrected chi connectivity index (χ4v) is 2.00. The largest absolute Gasteiger partial charge is 0.357 e. The van der Waals surface area contributed by atoms with Gasteiger partial charge in [-0.05, 0) is 38.0 Å². The predicted octanol–water partition coefficient (Wildman–Crippen LogP) is 2.14. The van der Waals surface area contributed by atoms with Crippen LogP contribution in [0.1, 0.15) is 46.0 Å². The standard InChI is InChI=1S/C13H25N3/c1-3-14-13(16-12-9-10(12)2)15-8-4-5-11-6-7-11/h10-12H,3-9H2,1-2H3,(H2,14,15,16). The number of aliphatic imine (C=N–C) groups is 1. The van der Waals surface area contributed by atoms with Gasteiger partial charge < -0.3 is 10.6 Å². The Morgan fingerprint density at radius 3 is 2.69 bits per heavy atom. The summed E-state index contributed by atoms with van der Waals surface area (Å²) in [6.07, 6.45) is 6.85. The number of hydrogen-bond acceptors (Lipinski definition) is 1. The van der Waals surface area contributed by atoms with Crippen molar-refractivity contribution < 1.29 is 0 Å². The van der Waals surface area contributed by atoms with Gasteiger partial charge in [0.25, 0.3) is 0 Å². The first-order valence-electron chi connectivity index (χ1n) is 6.84. The van der Waals surface area contributed by atoms with Crippen molar-refractivity contribution in [1.82, 2.24) is 10.6 Å². The molecule has 0 heterocycles. The minimum atomic E-state index is 0.668. The Bertz CT molecular complexity index is 246. The molecule has 2 saturated carbocycles. The Morgan fingerprint density at radius 2 is 2.12 bits per heavy atom. The summed E-state index contributed by atoms with van der Waals surface area (Å²) >= 11 is 0. The molecular weight excluding hydrogens is 198 g/mol. The van der Waals surface area contributed by atoms with Crippen LogP contribution in [-0.2, 0) is 0 Å². The molecule has 0 amide bonds. The molecule has 2 N–H and O–H groups in total. The molecule has 2 aliphatic rings. The first kappa shape index (κ1) is 11.7. The van der Waals surface area contributed by atoms with Gasteiger partial charge in [0.1, 0.15) is 0 Å². The SMILES string of the molecule is CCNC(=NCCCC1CC1)NC1CC1C. The highest BCUT2D eigenvalue weighted by molar-refractivity contribution is 5.80. The molecule has 0 aromatic rings. The van der Waals surface area contributed by atoms with Gasteiger partial charge in [-0.2, -0.15) is 0 Å². The summed E-state index contributed by atoms with van der Waals surface area (Å²) in [4.78, 5) is 4.62. The van der Waals surface area contributed by atoms with Crippen molar-refractivity contribution in [3.05, 3.63) is 0 Å². The third-order valence-corrected chi connectivity index (χ3v) is 3.51. The maximum Gasteiger partial charge on any atom is 0.191 e. The zero-order valence-corrected chi connectivity index (χ0v) is 10.6. The van der Waals surface area contributed by atoms with E-state index in [2.05, 4.69) is 29.5 Å². The average molecular weight is 223 g/mol. The fraction of sp³-hybridized carbons (Fsp3) is 0.923. The topological polar surface area (TPSA) is 36.4 Å². The Morgan fingerprint density at radius 1 is 1.38 bits per heavy atom. The van der Waals surface area contributed by atoms with Crippen LogP contribution in [-0.4, -0.2) is 25.1 Å². The normalized spacial score (nSPS) is 29.0. The third kappa shape index (κ3) is 4.03. The minimum absolute atomic E-state index is 0.668. The Kier molecular flexibility index (Phi) is 4.08. The van der Waals surface area contributed by atoms with E-state index in [1.54, 1.807) is 0 Å². The molecule has 2 aliphatic carbocycles. The highest BCUT2D eigenvalue weighted by atomic mass is 15.2. The van der Waals surface area contributed by atoms with Crippen LogP contribution in [0, 0.1) is 11.8 Å². The van der Waals surface area contributed by atoms with E-state index in [0.717, 1.165) is 30.9 Å². The highest BCUT2D eigenvalue weighted by Crippen LogP contribution is 2.33. The summed E-state index contributed by atoms with van der Waals surface area (Å²) in [7, 11) is 0. The van der Waals surface area contributed by atoms with Crippen LogP contribution >= 0.6 is 0 Å². The van der Waals surface area contributed by atoms with Gasteiger partial charge in [0, 0.05) is 19.1 Å². The molecule has 2 fully saturated rings. The van der Waals surface area contributed by atoms with E-state index in [0.29, 0.717) is 6.04 Å². The highest BCUT2D eigenvalue weighted by Gasteiger charge is 2.33. The van der Waals surface area contributed by atoms with Crippen LogP contribution in [0.2, 0.25) is 0 Å². The first-order chi connectivity index (χ1) is 7.79. The molecule has 3 nitrogen and oxygen atoms in total. The summed E-state index contributed by atoms with van der Waals surface area (Å²) in [6, 6.07) is 0.668. The van der Waals surface area contributed by atoms with Crippen LogP contribution in [0.3, 0.4) is 0 Å². The van der Waals surface area contributed by atoms with Crippen LogP contribution in [0.5, 0.6) is 0 Å². The number of rotatable bonds is 6.